The van der Waals surface area contributed by atoms with Crippen molar-refractivity contribution in [1.82, 2.24) is 10.2 Å². The van der Waals surface area contributed by atoms with Crippen molar-refractivity contribution in [2.75, 3.05) is 19.6 Å². The molecule has 2 heterocycles. The summed E-state index contributed by atoms with van der Waals surface area (Å²) in [7, 11) is 0. The molecule has 112 valence electrons. The first-order valence-corrected chi connectivity index (χ1v) is 8.26. The number of nitrogens with zero attached hydrogens (tertiary/aromatic N) is 1. The lowest BCUT2D eigenvalue weighted by atomic mass is 9.97. The van der Waals surface area contributed by atoms with Gasteiger partial charge in [0, 0.05) is 11.4 Å². The van der Waals surface area contributed by atoms with E-state index in [4.69, 9.17) is 5.73 Å². The lowest BCUT2D eigenvalue weighted by Crippen LogP contribution is -2.45. The van der Waals surface area contributed by atoms with E-state index < -0.39 is 6.04 Å². The lowest BCUT2D eigenvalue weighted by molar-refractivity contribution is -0.122. The molecule has 4 nitrogen and oxygen atoms in total. The molecular formula is C15H25N3OS. The van der Waals surface area contributed by atoms with Crippen LogP contribution in [0, 0.1) is 5.92 Å². The normalized spacial score (nSPS) is 20.6. The largest absolute Gasteiger partial charge is 0.353 e. The zero-order valence-corrected chi connectivity index (χ0v) is 13.2. The van der Waals surface area contributed by atoms with Crippen molar-refractivity contribution in [3.8, 4) is 0 Å². The molecule has 20 heavy (non-hydrogen) atoms. The molecule has 1 aliphatic rings. The van der Waals surface area contributed by atoms with Crippen LogP contribution in [0.5, 0.6) is 0 Å². The number of piperidine rings is 1. The number of hydrogen-bond donors (Lipinski definition) is 2. The van der Waals surface area contributed by atoms with Crippen LogP contribution in [0.25, 0.3) is 0 Å². The standard InChI is InChI=1S/C15H25N3OS/c1-11-5-7-18(8-6-11)13(14-4-3-9-20-14)10-17-15(19)12(2)16/h3-4,9,11-13H,5-8,10,16H2,1-2H3,(H,17,19). The number of likely N-dealkylation sites (tertiary alicyclic amines) is 1. The van der Waals surface area contributed by atoms with Crippen LogP contribution in [0.1, 0.15) is 37.6 Å². The highest BCUT2D eigenvalue weighted by molar-refractivity contribution is 7.10. The summed E-state index contributed by atoms with van der Waals surface area (Å²) in [6.07, 6.45) is 2.48. The molecule has 1 saturated heterocycles. The molecule has 3 N–H and O–H groups in total. The van der Waals surface area contributed by atoms with E-state index in [1.165, 1.54) is 17.7 Å². The summed E-state index contributed by atoms with van der Waals surface area (Å²) in [6, 6.07) is 4.07. The Labute approximate surface area is 125 Å². The molecule has 1 fully saturated rings. The topological polar surface area (TPSA) is 58.4 Å². The Bertz CT molecular complexity index is 411. The van der Waals surface area contributed by atoms with Gasteiger partial charge in [0.25, 0.3) is 0 Å². The van der Waals surface area contributed by atoms with Crippen LogP contribution in [0.2, 0.25) is 0 Å². The molecule has 0 saturated carbocycles. The minimum Gasteiger partial charge on any atom is -0.353 e. The van der Waals surface area contributed by atoms with Crippen LogP contribution >= 0.6 is 11.3 Å². The highest BCUT2D eigenvalue weighted by Gasteiger charge is 2.25. The number of nitrogens with one attached hydrogen (secondary N) is 1. The van der Waals surface area contributed by atoms with Crippen LogP contribution in [0.15, 0.2) is 17.5 Å². The first-order valence-electron chi connectivity index (χ1n) is 7.38. The molecular weight excluding hydrogens is 270 g/mol. The Balaban J connectivity index is 2.00. The second-order valence-electron chi connectivity index (χ2n) is 5.78. The molecule has 5 heteroatoms. The van der Waals surface area contributed by atoms with Gasteiger partial charge in [-0.25, -0.2) is 0 Å². The van der Waals surface area contributed by atoms with Gasteiger partial charge in [0.1, 0.15) is 0 Å². The van der Waals surface area contributed by atoms with Crippen LogP contribution in [-0.2, 0) is 4.79 Å². The minimum atomic E-state index is -0.444. The molecule has 1 aromatic rings. The van der Waals surface area contributed by atoms with Crippen LogP contribution in [-0.4, -0.2) is 36.5 Å². The summed E-state index contributed by atoms with van der Waals surface area (Å²) in [5, 5.41) is 5.08. The molecule has 2 unspecified atom stereocenters. The third-order valence-corrected chi connectivity index (χ3v) is 4.99. The number of carbonyl (C=O) groups is 1. The van der Waals surface area contributed by atoms with E-state index in [1.807, 2.05) is 0 Å². The van der Waals surface area contributed by atoms with Gasteiger partial charge in [0.15, 0.2) is 0 Å². The molecule has 0 spiro atoms. The fourth-order valence-corrected chi connectivity index (χ4v) is 3.45. The van der Waals surface area contributed by atoms with Gasteiger partial charge in [-0.1, -0.05) is 13.0 Å². The Kier molecular flexibility index (Phi) is 5.57. The smallest absolute Gasteiger partial charge is 0.236 e. The molecule has 0 aromatic carbocycles. The van der Waals surface area contributed by atoms with Gasteiger partial charge in [-0.2, -0.15) is 0 Å². The van der Waals surface area contributed by atoms with Gasteiger partial charge in [0.05, 0.1) is 12.1 Å². The number of thiophene rings is 1. The van der Waals surface area contributed by atoms with Crippen molar-refractivity contribution in [2.45, 2.75) is 38.8 Å². The maximum absolute atomic E-state index is 11.7. The molecule has 1 amide bonds. The van der Waals surface area contributed by atoms with Crippen molar-refractivity contribution < 1.29 is 4.79 Å². The minimum absolute atomic E-state index is 0.0723. The zero-order chi connectivity index (χ0) is 14.5. The van der Waals surface area contributed by atoms with Crippen molar-refractivity contribution in [3.63, 3.8) is 0 Å². The fraction of sp³-hybridized carbons (Fsp3) is 0.667. The van der Waals surface area contributed by atoms with E-state index in [-0.39, 0.29) is 11.9 Å². The Morgan fingerprint density at radius 3 is 2.80 bits per heavy atom. The maximum Gasteiger partial charge on any atom is 0.236 e. The predicted molar refractivity (Wildman–Crippen MR) is 83.7 cm³/mol. The van der Waals surface area contributed by atoms with Gasteiger partial charge in [0.2, 0.25) is 5.91 Å². The average molecular weight is 295 g/mol. The quantitative estimate of drug-likeness (QED) is 0.873. The predicted octanol–water partition coefficient (Wildman–Crippen LogP) is 1.98. The van der Waals surface area contributed by atoms with Crippen molar-refractivity contribution in [2.24, 2.45) is 11.7 Å². The Morgan fingerprint density at radius 2 is 2.25 bits per heavy atom. The number of amides is 1. The fourth-order valence-electron chi connectivity index (χ4n) is 2.59. The summed E-state index contributed by atoms with van der Waals surface area (Å²) >= 11 is 1.76. The lowest BCUT2D eigenvalue weighted by Gasteiger charge is -2.36. The number of hydrogen-bond acceptors (Lipinski definition) is 4. The number of rotatable bonds is 5. The summed E-state index contributed by atoms with van der Waals surface area (Å²) in [4.78, 5) is 15.5. The molecule has 0 aliphatic carbocycles. The molecule has 0 bridgehead atoms. The summed E-state index contributed by atoms with van der Waals surface area (Å²) in [6.45, 7) is 6.90. The second-order valence-corrected chi connectivity index (χ2v) is 6.76. The number of nitrogens with two attached hydrogens (primary N) is 1. The van der Waals surface area contributed by atoms with E-state index in [1.54, 1.807) is 18.3 Å². The van der Waals surface area contributed by atoms with E-state index in [0.29, 0.717) is 6.54 Å². The van der Waals surface area contributed by atoms with Crippen molar-refractivity contribution in [3.05, 3.63) is 22.4 Å². The molecule has 2 rings (SSSR count). The van der Waals surface area contributed by atoms with Crippen LogP contribution in [0.4, 0.5) is 0 Å². The zero-order valence-electron chi connectivity index (χ0n) is 12.3. The summed E-state index contributed by atoms with van der Waals surface area (Å²) in [5.41, 5.74) is 5.61. The highest BCUT2D eigenvalue weighted by atomic mass is 32.1. The third-order valence-electron chi connectivity index (χ3n) is 4.01. The Morgan fingerprint density at radius 1 is 1.55 bits per heavy atom. The van der Waals surface area contributed by atoms with Gasteiger partial charge in [-0.15, -0.1) is 11.3 Å². The highest BCUT2D eigenvalue weighted by Crippen LogP contribution is 2.28. The maximum atomic E-state index is 11.7. The van der Waals surface area contributed by atoms with Crippen molar-refractivity contribution >= 4 is 17.2 Å². The van der Waals surface area contributed by atoms with Gasteiger partial charge < -0.3 is 11.1 Å². The summed E-state index contributed by atoms with van der Waals surface area (Å²) in [5.74, 6) is 0.742. The van der Waals surface area contributed by atoms with E-state index >= 15 is 0 Å². The van der Waals surface area contributed by atoms with Crippen molar-refractivity contribution in [1.29, 1.82) is 0 Å². The average Bonchev–Trinajstić information content (AvgIpc) is 2.94. The second kappa shape index (κ2) is 7.20. The van der Waals surface area contributed by atoms with E-state index in [2.05, 4.69) is 34.7 Å². The third kappa shape index (κ3) is 4.04. The molecule has 1 aliphatic heterocycles. The SMILES string of the molecule is CC1CCN(C(CNC(=O)C(C)N)c2cccs2)CC1. The Hall–Kier alpha value is -0.910. The first kappa shape index (κ1) is 15.5. The monoisotopic (exact) mass is 295 g/mol. The molecule has 0 radical (unpaired) electrons. The van der Waals surface area contributed by atoms with Gasteiger partial charge in [-0.3, -0.25) is 9.69 Å². The van der Waals surface area contributed by atoms with E-state index in [9.17, 15) is 4.79 Å². The number of carbonyl (C=O) groups excluding carboxylic acids is 1. The van der Waals surface area contributed by atoms with Gasteiger partial charge in [-0.05, 0) is 50.2 Å². The van der Waals surface area contributed by atoms with E-state index in [0.717, 1.165) is 19.0 Å². The molecule has 1 aromatic heterocycles. The molecule has 2 atom stereocenters. The van der Waals surface area contributed by atoms with Crippen LogP contribution in [0.3, 0.4) is 0 Å². The van der Waals surface area contributed by atoms with Gasteiger partial charge >= 0.3 is 0 Å². The summed E-state index contributed by atoms with van der Waals surface area (Å²) < 4.78 is 0. The first-order chi connectivity index (χ1) is 9.58. The van der Waals surface area contributed by atoms with Crippen LogP contribution < -0.4 is 11.1 Å².